The second kappa shape index (κ2) is 7.64. The van der Waals surface area contributed by atoms with E-state index in [0.717, 1.165) is 36.4 Å². The Kier molecular flexibility index (Phi) is 4.71. The predicted octanol–water partition coefficient (Wildman–Crippen LogP) is 5.28. The Hall–Kier alpha value is -2.85. The number of benzene rings is 2. The van der Waals surface area contributed by atoms with Gasteiger partial charge in [-0.15, -0.1) is 0 Å². The molecule has 28 heavy (non-hydrogen) atoms. The molecular formula is C24H25N3O. The van der Waals surface area contributed by atoms with Crippen LogP contribution < -0.4 is 0 Å². The second-order valence-electron chi connectivity index (χ2n) is 7.92. The van der Waals surface area contributed by atoms with Gasteiger partial charge >= 0.3 is 0 Å². The van der Waals surface area contributed by atoms with Crippen molar-refractivity contribution in [1.29, 1.82) is 0 Å². The number of hydrogen-bond acceptors (Lipinski definition) is 3. The lowest BCUT2D eigenvalue weighted by Gasteiger charge is -2.33. The molecule has 0 saturated carbocycles. The summed E-state index contributed by atoms with van der Waals surface area (Å²) in [7, 11) is 0. The van der Waals surface area contributed by atoms with Crippen LogP contribution in [-0.2, 0) is 13.0 Å². The number of aromatic nitrogens is 2. The molecule has 1 saturated heterocycles. The van der Waals surface area contributed by atoms with Crippen LogP contribution in [0.25, 0.3) is 22.2 Å². The topological polar surface area (TPSA) is 45.1 Å². The highest BCUT2D eigenvalue weighted by atomic mass is 16.3. The number of fused-ring (bicyclic) bond motifs is 1. The van der Waals surface area contributed by atoms with Crippen LogP contribution in [-0.4, -0.2) is 28.2 Å². The van der Waals surface area contributed by atoms with E-state index in [2.05, 4.69) is 57.6 Å². The van der Waals surface area contributed by atoms with Crippen LogP contribution in [0.3, 0.4) is 0 Å². The molecule has 0 aliphatic carbocycles. The first kappa shape index (κ1) is 17.3. The lowest BCUT2D eigenvalue weighted by Crippen LogP contribution is -2.35. The van der Waals surface area contributed by atoms with E-state index in [-0.39, 0.29) is 0 Å². The van der Waals surface area contributed by atoms with Gasteiger partial charge in [0, 0.05) is 24.0 Å². The van der Waals surface area contributed by atoms with Gasteiger partial charge in [0.1, 0.15) is 5.76 Å². The van der Waals surface area contributed by atoms with E-state index in [0.29, 0.717) is 5.92 Å². The zero-order chi connectivity index (χ0) is 18.8. The first-order valence-electron chi connectivity index (χ1n) is 10.1. The Balaban J connectivity index is 1.25. The highest BCUT2D eigenvalue weighted by Gasteiger charge is 2.20. The lowest BCUT2D eigenvalue weighted by atomic mass is 9.90. The van der Waals surface area contributed by atoms with E-state index in [1.807, 2.05) is 18.3 Å². The molecule has 0 unspecified atom stereocenters. The number of furan rings is 1. The SMILES string of the molecule is c1cc(CN2CCC[C@@H](Cc3ccc4[nH]ncc4c3)C2)cc(-c2ccco2)c1. The first-order chi connectivity index (χ1) is 13.8. The summed E-state index contributed by atoms with van der Waals surface area (Å²) in [4.78, 5) is 2.60. The zero-order valence-electron chi connectivity index (χ0n) is 16.0. The number of H-pyrrole nitrogens is 1. The average molecular weight is 371 g/mol. The van der Waals surface area contributed by atoms with Gasteiger partial charge in [0.2, 0.25) is 0 Å². The lowest BCUT2D eigenvalue weighted by molar-refractivity contribution is 0.167. The molecule has 1 fully saturated rings. The smallest absolute Gasteiger partial charge is 0.133 e. The first-order valence-corrected chi connectivity index (χ1v) is 10.1. The number of nitrogens with zero attached hydrogens (tertiary/aromatic N) is 2. The van der Waals surface area contributed by atoms with Crippen LogP contribution in [0.15, 0.2) is 71.5 Å². The van der Waals surface area contributed by atoms with E-state index in [1.165, 1.54) is 35.9 Å². The van der Waals surface area contributed by atoms with Crippen molar-refractivity contribution >= 4 is 10.9 Å². The predicted molar refractivity (Wildman–Crippen MR) is 112 cm³/mol. The van der Waals surface area contributed by atoms with Gasteiger partial charge in [0.05, 0.1) is 18.0 Å². The van der Waals surface area contributed by atoms with E-state index in [4.69, 9.17) is 4.42 Å². The van der Waals surface area contributed by atoms with Gasteiger partial charge in [-0.2, -0.15) is 5.10 Å². The molecule has 0 amide bonds. The monoisotopic (exact) mass is 371 g/mol. The molecule has 4 nitrogen and oxygen atoms in total. The molecule has 1 aliphatic heterocycles. The number of nitrogens with one attached hydrogen (secondary N) is 1. The second-order valence-corrected chi connectivity index (χ2v) is 7.92. The highest BCUT2D eigenvalue weighted by Crippen LogP contribution is 2.25. The standard InChI is InChI=1S/C24H25N3O/c1-4-20(14-21(6-1)24-7-3-11-28-24)17-27-10-2-5-19(16-27)12-18-8-9-23-22(13-18)15-25-26-23/h1,3-4,6-9,11,13-15,19H,2,5,10,12,16-17H2,(H,25,26)/t19-/m0/s1. The van der Waals surface area contributed by atoms with Gasteiger partial charge in [0.25, 0.3) is 0 Å². The Morgan fingerprint density at radius 3 is 3.00 bits per heavy atom. The number of piperidine rings is 1. The number of aromatic amines is 1. The zero-order valence-corrected chi connectivity index (χ0v) is 16.0. The molecule has 1 N–H and O–H groups in total. The summed E-state index contributed by atoms with van der Waals surface area (Å²) in [5.74, 6) is 1.65. The van der Waals surface area contributed by atoms with Crippen molar-refractivity contribution in [2.45, 2.75) is 25.8 Å². The van der Waals surface area contributed by atoms with Gasteiger partial charge < -0.3 is 4.42 Å². The largest absolute Gasteiger partial charge is 0.464 e. The minimum Gasteiger partial charge on any atom is -0.464 e. The Bertz CT molecular complexity index is 1050. The minimum atomic E-state index is 0.714. The van der Waals surface area contributed by atoms with Crippen LogP contribution in [0.2, 0.25) is 0 Å². The minimum absolute atomic E-state index is 0.714. The molecule has 2 aromatic heterocycles. The summed E-state index contributed by atoms with van der Waals surface area (Å²) in [6, 6.07) is 19.4. The maximum absolute atomic E-state index is 5.55. The van der Waals surface area contributed by atoms with E-state index >= 15 is 0 Å². The van der Waals surface area contributed by atoms with E-state index in [1.54, 1.807) is 6.26 Å². The van der Waals surface area contributed by atoms with Crippen molar-refractivity contribution in [3.05, 3.63) is 78.2 Å². The molecule has 0 spiro atoms. The molecule has 3 heterocycles. The van der Waals surface area contributed by atoms with Crippen molar-refractivity contribution in [1.82, 2.24) is 15.1 Å². The molecule has 4 aromatic rings. The van der Waals surface area contributed by atoms with Crippen molar-refractivity contribution < 1.29 is 4.42 Å². The molecule has 1 aliphatic rings. The van der Waals surface area contributed by atoms with E-state index < -0.39 is 0 Å². The summed E-state index contributed by atoms with van der Waals surface area (Å²) < 4.78 is 5.55. The summed E-state index contributed by atoms with van der Waals surface area (Å²) in [5.41, 5.74) is 5.05. The quantitative estimate of drug-likeness (QED) is 0.519. The normalized spacial score (nSPS) is 17.9. The van der Waals surface area contributed by atoms with Crippen LogP contribution >= 0.6 is 0 Å². The van der Waals surface area contributed by atoms with Crippen LogP contribution in [0.1, 0.15) is 24.0 Å². The van der Waals surface area contributed by atoms with Crippen molar-refractivity contribution in [3.63, 3.8) is 0 Å². The van der Waals surface area contributed by atoms with Gasteiger partial charge in [-0.1, -0.05) is 24.3 Å². The molecule has 4 heteroatoms. The fourth-order valence-corrected chi connectivity index (χ4v) is 4.44. The number of likely N-dealkylation sites (tertiary alicyclic amines) is 1. The van der Waals surface area contributed by atoms with Gasteiger partial charge in [-0.25, -0.2) is 0 Å². The Morgan fingerprint density at radius 1 is 1.07 bits per heavy atom. The fraction of sp³-hybridized carbons (Fsp3) is 0.292. The van der Waals surface area contributed by atoms with E-state index in [9.17, 15) is 0 Å². The van der Waals surface area contributed by atoms with Crippen LogP contribution in [0.5, 0.6) is 0 Å². The third-order valence-corrected chi connectivity index (χ3v) is 5.77. The molecule has 0 bridgehead atoms. The summed E-state index contributed by atoms with van der Waals surface area (Å²) in [6.45, 7) is 3.35. The van der Waals surface area contributed by atoms with Gasteiger partial charge in [-0.05, 0) is 73.2 Å². The number of hydrogen-bond donors (Lipinski definition) is 1. The fourth-order valence-electron chi connectivity index (χ4n) is 4.44. The maximum atomic E-state index is 5.55. The molecule has 5 rings (SSSR count). The Labute approximate surface area is 165 Å². The molecule has 1 atom stereocenters. The van der Waals surface area contributed by atoms with Crippen molar-refractivity contribution in [2.24, 2.45) is 5.92 Å². The highest BCUT2D eigenvalue weighted by molar-refractivity contribution is 5.78. The van der Waals surface area contributed by atoms with Crippen molar-refractivity contribution in [2.75, 3.05) is 13.1 Å². The van der Waals surface area contributed by atoms with Crippen LogP contribution in [0, 0.1) is 5.92 Å². The summed E-state index contributed by atoms with van der Waals surface area (Å²) in [5, 5.41) is 8.38. The molecule has 142 valence electrons. The van der Waals surface area contributed by atoms with Crippen LogP contribution in [0.4, 0.5) is 0 Å². The van der Waals surface area contributed by atoms with Gasteiger partial charge in [-0.3, -0.25) is 10.00 Å². The summed E-state index contributed by atoms with van der Waals surface area (Å²) in [6.07, 6.45) is 7.38. The summed E-state index contributed by atoms with van der Waals surface area (Å²) >= 11 is 0. The maximum Gasteiger partial charge on any atom is 0.133 e. The third kappa shape index (κ3) is 3.73. The van der Waals surface area contributed by atoms with Crippen molar-refractivity contribution in [3.8, 4) is 11.3 Å². The molecule has 0 radical (unpaired) electrons. The third-order valence-electron chi connectivity index (χ3n) is 5.77. The Morgan fingerprint density at radius 2 is 2.07 bits per heavy atom. The van der Waals surface area contributed by atoms with Gasteiger partial charge in [0.15, 0.2) is 0 Å². The molecular weight excluding hydrogens is 346 g/mol. The number of rotatable bonds is 5. The average Bonchev–Trinajstić information content (AvgIpc) is 3.40. The molecule has 2 aromatic carbocycles.